The number of hydrogen-bond donors (Lipinski definition) is 1. The molecular formula is C25H22F2N4O2S. The van der Waals surface area contributed by atoms with E-state index in [0.29, 0.717) is 28.6 Å². The minimum atomic E-state index is -1.10. The molecule has 3 aromatic rings. The van der Waals surface area contributed by atoms with E-state index in [1.807, 2.05) is 13.0 Å². The maximum absolute atomic E-state index is 15.0. The van der Waals surface area contributed by atoms with Gasteiger partial charge in [-0.2, -0.15) is 0 Å². The molecule has 0 aliphatic carbocycles. The number of aryl methyl sites for hydroxylation is 1. The van der Waals surface area contributed by atoms with Crippen molar-refractivity contribution in [3.63, 3.8) is 0 Å². The summed E-state index contributed by atoms with van der Waals surface area (Å²) in [6.07, 6.45) is 3.60. The maximum atomic E-state index is 15.0. The van der Waals surface area contributed by atoms with Gasteiger partial charge in [-0.25, -0.2) is 13.8 Å². The second-order valence-electron chi connectivity index (χ2n) is 8.41. The van der Waals surface area contributed by atoms with Crippen LogP contribution in [-0.2, 0) is 10.3 Å². The second kappa shape index (κ2) is 9.23. The van der Waals surface area contributed by atoms with Crippen LogP contribution in [0.1, 0.15) is 39.8 Å². The van der Waals surface area contributed by atoms with Crippen LogP contribution in [0.15, 0.2) is 65.9 Å². The quantitative estimate of drug-likeness (QED) is 0.594. The summed E-state index contributed by atoms with van der Waals surface area (Å²) >= 11 is 1.40. The summed E-state index contributed by atoms with van der Waals surface area (Å²) in [5.74, 6) is -1.21. The number of aromatic nitrogens is 2. The van der Waals surface area contributed by atoms with E-state index in [4.69, 9.17) is 9.73 Å². The van der Waals surface area contributed by atoms with E-state index >= 15 is 4.39 Å². The molecule has 0 spiro atoms. The van der Waals surface area contributed by atoms with E-state index in [-0.39, 0.29) is 30.1 Å². The minimum Gasteiger partial charge on any atom is -0.369 e. The predicted octanol–water partition coefficient (Wildman–Crippen LogP) is 4.57. The summed E-state index contributed by atoms with van der Waals surface area (Å²) in [4.78, 5) is 26.3. The number of hydrogen-bond acceptors (Lipinski definition) is 6. The third kappa shape index (κ3) is 4.33. The van der Waals surface area contributed by atoms with Gasteiger partial charge in [0, 0.05) is 35.1 Å². The zero-order valence-electron chi connectivity index (χ0n) is 18.4. The number of rotatable bonds is 3. The number of nitrogens with one attached hydrogen (secondary N) is 1. The highest BCUT2D eigenvalue weighted by Crippen LogP contribution is 2.49. The molecule has 2 aliphatic heterocycles. The number of fused-ring (bicyclic) bond motifs is 1. The molecule has 3 atom stereocenters. The van der Waals surface area contributed by atoms with Gasteiger partial charge in [0.25, 0.3) is 5.91 Å². The minimum absolute atomic E-state index is 0.0612. The van der Waals surface area contributed by atoms with Crippen molar-refractivity contribution in [3.05, 3.63) is 95.1 Å². The fourth-order valence-electron chi connectivity index (χ4n) is 4.39. The summed E-state index contributed by atoms with van der Waals surface area (Å²) in [6, 6.07) is 12.3. The highest BCUT2D eigenvalue weighted by molar-refractivity contribution is 8.13. The lowest BCUT2D eigenvalue weighted by atomic mass is 9.74. The number of nitrogens with zero attached hydrogens (tertiary/aromatic N) is 3. The number of aliphatic imine (C=N–C) groups is 1. The van der Waals surface area contributed by atoms with E-state index < -0.39 is 17.2 Å². The predicted molar refractivity (Wildman–Crippen MR) is 125 cm³/mol. The molecule has 3 heterocycles. The Morgan fingerprint density at radius 1 is 1.15 bits per heavy atom. The third-order valence-corrected chi connectivity index (χ3v) is 7.22. The zero-order chi connectivity index (χ0) is 23.7. The number of halogens is 2. The van der Waals surface area contributed by atoms with Crippen molar-refractivity contribution in [2.24, 2.45) is 10.9 Å². The number of carbonyl (C=O) groups is 1. The van der Waals surface area contributed by atoms with Gasteiger partial charge in [0.1, 0.15) is 23.3 Å². The number of ether oxygens (including phenoxy) is 1. The van der Waals surface area contributed by atoms with Crippen LogP contribution in [0, 0.1) is 24.5 Å². The molecule has 2 aliphatic rings. The standard InChI is InChI=1S/C25H22F2N4O2S/c1-15-11-29-21(12-28-15)22-9-17-13-34-24(30-23(32)16-5-3-2-4-6-16)31-25(17,14-33-22)19-8-7-18(26)10-20(19)27/h2-8,10-12,17,22H,9,13-14H2,1H3,(H,30,31,32)/t17-,22+,25-/m0/s1. The Morgan fingerprint density at radius 3 is 2.71 bits per heavy atom. The van der Waals surface area contributed by atoms with Gasteiger partial charge in [0.05, 0.1) is 24.2 Å². The molecule has 1 saturated heterocycles. The molecule has 34 heavy (non-hydrogen) atoms. The first-order valence-corrected chi connectivity index (χ1v) is 11.9. The molecule has 0 radical (unpaired) electrons. The maximum Gasteiger partial charge on any atom is 0.257 e. The van der Waals surface area contributed by atoms with Gasteiger partial charge in [-0.3, -0.25) is 14.8 Å². The van der Waals surface area contributed by atoms with E-state index in [1.165, 1.54) is 23.9 Å². The molecule has 1 fully saturated rings. The average molecular weight is 481 g/mol. The smallest absolute Gasteiger partial charge is 0.257 e. The van der Waals surface area contributed by atoms with Crippen LogP contribution in [-0.4, -0.2) is 33.4 Å². The Hall–Kier alpha value is -3.17. The summed E-state index contributed by atoms with van der Waals surface area (Å²) in [5.41, 5.74) is 1.15. The van der Waals surface area contributed by atoms with Gasteiger partial charge in [0.15, 0.2) is 5.17 Å². The number of carbonyl (C=O) groups excluding carboxylic acids is 1. The van der Waals surface area contributed by atoms with Crippen LogP contribution in [0.5, 0.6) is 0 Å². The first-order chi connectivity index (χ1) is 16.4. The van der Waals surface area contributed by atoms with E-state index in [0.717, 1.165) is 11.8 Å². The largest absolute Gasteiger partial charge is 0.369 e. The van der Waals surface area contributed by atoms with Gasteiger partial charge < -0.3 is 10.1 Å². The van der Waals surface area contributed by atoms with Gasteiger partial charge in [0.2, 0.25) is 0 Å². The molecule has 5 rings (SSSR count). The number of thioether (sulfide) groups is 1. The van der Waals surface area contributed by atoms with Crippen molar-refractivity contribution in [1.82, 2.24) is 15.3 Å². The number of amidine groups is 1. The lowest BCUT2D eigenvalue weighted by molar-refractivity contribution is -0.0608. The summed E-state index contributed by atoms with van der Waals surface area (Å²) in [7, 11) is 0. The molecule has 0 saturated carbocycles. The SMILES string of the molecule is Cc1cnc([C@H]2C[C@H]3CSC(NC(=O)c4ccccc4)=N[C@@]3(c3ccc(F)cc3F)CO2)cn1. The normalized spacial score (nSPS) is 24.1. The Morgan fingerprint density at radius 2 is 1.97 bits per heavy atom. The Labute approximate surface area is 199 Å². The fourth-order valence-corrected chi connectivity index (χ4v) is 5.55. The third-order valence-electron chi connectivity index (χ3n) is 6.19. The van der Waals surface area contributed by atoms with Crippen molar-refractivity contribution >= 4 is 22.8 Å². The lowest BCUT2D eigenvalue weighted by Crippen LogP contribution is -2.49. The molecule has 6 nitrogen and oxygen atoms in total. The molecule has 2 aromatic carbocycles. The monoisotopic (exact) mass is 480 g/mol. The second-order valence-corrected chi connectivity index (χ2v) is 9.42. The van der Waals surface area contributed by atoms with E-state index in [1.54, 1.807) is 36.7 Å². The molecule has 9 heteroatoms. The van der Waals surface area contributed by atoms with Crippen molar-refractivity contribution < 1.29 is 18.3 Å². The fraction of sp³-hybridized carbons (Fsp3) is 0.280. The van der Waals surface area contributed by atoms with Crippen LogP contribution < -0.4 is 5.32 Å². The van der Waals surface area contributed by atoms with Crippen LogP contribution in [0.2, 0.25) is 0 Å². The summed E-state index contributed by atoms with van der Waals surface area (Å²) in [6.45, 7) is 1.92. The van der Waals surface area contributed by atoms with Gasteiger partial charge in [-0.15, -0.1) is 0 Å². The van der Waals surface area contributed by atoms with Crippen LogP contribution in [0.3, 0.4) is 0 Å². The van der Waals surface area contributed by atoms with Crippen molar-refractivity contribution in [1.29, 1.82) is 0 Å². The number of amides is 1. The molecule has 1 amide bonds. The Bertz CT molecular complexity index is 1240. The highest BCUT2D eigenvalue weighted by Gasteiger charge is 2.50. The molecule has 174 valence electrons. The summed E-state index contributed by atoms with van der Waals surface area (Å²) in [5, 5.41) is 3.22. The topological polar surface area (TPSA) is 76.5 Å². The highest BCUT2D eigenvalue weighted by atomic mass is 32.2. The van der Waals surface area contributed by atoms with Crippen molar-refractivity contribution in [2.75, 3.05) is 12.4 Å². The van der Waals surface area contributed by atoms with Gasteiger partial charge in [-0.05, 0) is 31.5 Å². The Kier molecular flexibility index (Phi) is 6.14. The van der Waals surface area contributed by atoms with Gasteiger partial charge >= 0.3 is 0 Å². The average Bonchev–Trinajstić information content (AvgIpc) is 2.84. The Balaban J connectivity index is 1.49. The van der Waals surface area contributed by atoms with E-state index in [2.05, 4.69) is 15.3 Å². The lowest BCUT2D eigenvalue weighted by Gasteiger charge is -2.46. The van der Waals surface area contributed by atoms with Crippen LogP contribution in [0.25, 0.3) is 0 Å². The van der Waals surface area contributed by atoms with Crippen LogP contribution in [0.4, 0.5) is 8.78 Å². The molecule has 1 aromatic heterocycles. The van der Waals surface area contributed by atoms with Gasteiger partial charge in [-0.1, -0.05) is 36.0 Å². The first kappa shape index (κ1) is 22.6. The van der Waals surface area contributed by atoms with Crippen molar-refractivity contribution in [2.45, 2.75) is 25.0 Å². The van der Waals surface area contributed by atoms with E-state index in [9.17, 15) is 9.18 Å². The first-order valence-electron chi connectivity index (χ1n) is 10.9. The summed E-state index contributed by atoms with van der Waals surface area (Å²) < 4.78 is 34.9. The molecule has 0 bridgehead atoms. The molecule has 1 N–H and O–H groups in total. The van der Waals surface area contributed by atoms with Crippen LogP contribution >= 0.6 is 11.8 Å². The molecule has 0 unspecified atom stereocenters. The molecular weight excluding hydrogens is 458 g/mol. The zero-order valence-corrected chi connectivity index (χ0v) is 19.2. The number of benzene rings is 2. The van der Waals surface area contributed by atoms with Crippen molar-refractivity contribution in [3.8, 4) is 0 Å².